The Kier molecular flexibility index (Phi) is 7.40. The van der Waals surface area contributed by atoms with Gasteiger partial charge in [-0.15, -0.1) is 0 Å². The second kappa shape index (κ2) is 7.67. The Morgan fingerprint density at radius 2 is 1.82 bits per heavy atom. The van der Waals surface area contributed by atoms with E-state index < -0.39 is 24.6 Å². The van der Waals surface area contributed by atoms with Gasteiger partial charge in [0.25, 0.3) is 5.24 Å². The fourth-order valence-corrected chi connectivity index (χ4v) is 2.28. The van der Waals surface area contributed by atoms with Crippen LogP contribution >= 0.6 is 20.2 Å². The Morgan fingerprint density at radius 1 is 1.29 bits per heavy atom. The van der Waals surface area contributed by atoms with Crippen LogP contribution in [0.4, 0.5) is 4.79 Å². The van der Waals surface area contributed by atoms with Gasteiger partial charge in [0.05, 0.1) is 0 Å². The molecule has 0 spiro atoms. The summed E-state index contributed by atoms with van der Waals surface area (Å²) in [5.74, 6) is -2.61. The van der Waals surface area contributed by atoms with Gasteiger partial charge in [-0.25, -0.2) is 4.79 Å². The molecule has 0 aliphatic carbocycles. The third kappa shape index (κ3) is 5.05. The number of thiol groups is 1. The van der Waals surface area contributed by atoms with Crippen molar-refractivity contribution in [2.24, 2.45) is 0 Å². The summed E-state index contributed by atoms with van der Waals surface area (Å²) < 4.78 is 30.2. The number of nitrogens with one attached hydrogen (secondary N) is 1. The van der Waals surface area contributed by atoms with Crippen molar-refractivity contribution < 1.29 is 32.7 Å². The molecule has 0 radical (unpaired) electrons. The molecule has 1 N–H and O–H groups in total. The van der Waals surface area contributed by atoms with Crippen LogP contribution in [0.5, 0.6) is 0 Å². The number of hydrogen-bond acceptors (Lipinski definition) is 7. The fourth-order valence-electron chi connectivity index (χ4n) is 0.865. The van der Waals surface area contributed by atoms with Gasteiger partial charge < -0.3 is 23.8 Å². The molecule has 1 atom stereocenters. The maximum atomic E-state index is 12.0. The molecule has 0 saturated carbocycles. The molecule has 0 fully saturated rings. The second-order valence-corrected chi connectivity index (χ2v) is 5.36. The summed E-state index contributed by atoms with van der Waals surface area (Å²) in [4.78, 5) is 22.3. The monoisotopic (exact) mass is 287 g/mol. The van der Waals surface area contributed by atoms with E-state index in [4.69, 9.17) is 0 Å². The SMILES string of the molecule is COCOC(=O)C(NC(=O)S)P(=O)(OC)OC. The van der Waals surface area contributed by atoms with E-state index in [1.54, 1.807) is 0 Å². The van der Waals surface area contributed by atoms with Crippen LogP contribution in [-0.4, -0.2) is 45.1 Å². The second-order valence-electron chi connectivity index (χ2n) is 2.63. The number of methoxy groups -OCH3 is 1. The maximum absolute atomic E-state index is 12.0. The summed E-state index contributed by atoms with van der Waals surface area (Å²) in [6.45, 7) is -0.356. The van der Waals surface area contributed by atoms with Crippen LogP contribution in [0.25, 0.3) is 0 Å². The molecule has 17 heavy (non-hydrogen) atoms. The maximum Gasteiger partial charge on any atom is 0.363 e. The highest BCUT2D eigenvalue weighted by Gasteiger charge is 2.42. The Balaban J connectivity index is 4.92. The van der Waals surface area contributed by atoms with Crippen LogP contribution in [0.3, 0.4) is 0 Å². The number of rotatable bonds is 7. The van der Waals surface area contributed by atoms with Crippen molar-refractivity contribution in [1.82, 2.24) is 5.32 Å². The lowest BCUT2D eigenvalue weighted by molar-refractivity contribution is -0.154. The molecule has 0 saturated heterocycles. The van der Waals surface area contributed by atoms with Crippen molar-refractivity contribution in [2.45, 2.75) is 5.78 Å². The highest BCUT2D eigenvalue weighted by Crippen LogP contribution is 2.50. The topological polar surface area (TPSA) is 100 Å². The van der Waals surface area contributed by atoms with E-state index in [-0.39, 0.29) is 6.79 Å². The highest BCUT2D eigenvalue weighted by molar-refractivity contribution is 7.96. The number of ether oxygens (including phenoxy) is 2. The van der Waals surface area contributed by atoms with E-state index in [0.717, 1.165) is 14.2 Å². The Hall–Kier alpha value is -0.600. The van der Waals surface area contributed by atoms with Crippen LogP contribution in [0.2, 0.25) is 0 Å². The summed E-state index contributed by atoms with van der Waals surface area (Å²) in [6, 6.07) is 0. The molecule has 0 aromatic rings. The van der Waals surface area contributed by atoms with Gasteiger partial charge in [-0.1, -0.05) is 12.6 Å². The van der Waals surface area contributed by atoms with Crippen LogP contribution < -0.4 is 5.32 Å². The number of esters is 1. The van der Waals surface area contributed by atoms with Crippen molar-refractivity contribution in [1.29, 1.82) is 0 Å². The third-order valence-electron chi connectivity index (χ3n) is 1.63. The minimum atomic E-state index is -3.85. The molecular formula is C7H14NO7PS. The van der Waals surface area contributed by atoms with Crippen molar-refractivity contribution in [3.63, 3.8) is 0 Å². The van der Waals surface area contributed by atoms with E-state index in [1.807, 2.05) is 5.32 Å². The van der Waals surface area contributed by atoms with Crippen molar-refractivity contribution in [3.05, 3.63) is 0 Å². The van der Waals surface area contributed by atoms with Gasteiger partial charge in [0.1, 0.15) is 0 Å². The summed E-state index contributed by atoms with van der Waals surface area (Å²) in [6.07, 6.45) is 0. The minimum absolute atomic E-state index is 0.356. The predicted octanol–water partition coefficient (Wildman–Crippen LogP) is 0.585. The van der Waals surface area contributed by atoms with E-state index in [2.05, 4.69) is 31.2 Å². The predicted molar refractivity (Wildman–Crippen MR) is 60.9 cm³/mol. The Bertz CT molecular complexity index is 315. The zero-order chi connectivity index (χ0) is 13.5. The van der Waals surface area contributed by atoms with Crippen molar-refractivity contribution >= 4 is 31.4 Å². The minimum Gasteiger partial charge on any atom is -0.436 e. The number of carbonyl (C=O) groups excluding carboxylic acids is 2. The molecule has 100 valence electrons. The molecule has 0 bridgehead atoms. The summed E-state index contributed by atoms with van der Waals surface area (Å²) in [7, 11) is -0.405. The van der Waals surface area contributed by atoms with E-state index in [0.29, 0.717) is 0 Å². The number of hydrogen-bond donors (Lipinski definition) is 2. The van der Waals surface area contributed by atoms with Gasteiger partial charge in [0.2, 0.25) is 5.78 Å². The average Bonchev–Trinajstić information content (AvgIpc) is 2.31. The van der Waals surface area contributed by atoms with Gasteiger partial charge in [-0.3, -0.25) is 9.36 Å². The van der Waals surface area contributed by atoms with Crippen molar-refractivity contribution in [3.8, 4) is 0 Å². The highest BCUT2D eigenvalue weighted by atomic mass is 32.1. The summed E-state index contributed by atoms with van der Waals surface area (Å²) in [5.41, 5.74) is 0. The number of amides is 1. The molecule has 0 aromatic heterocycles. The van der Waals surface area contributed by atoms with Crippen LogP contribution in [0.15, 0.2) is 0 Å². The molecule has 0 aromatic carbocycles. The van der Waals surface area contributed by atoms with Gasteiger partial charge >= 0.3 is 13.6 Å². The standard InChI is InChI=1S/C7H14NO7PS/c1-12-4-15-6(9)5(8-7(10)17)16(11,13-2)14-3/h5H,4H2,1-3H3,(H2,8,10,17). The first-order chi connectivity index (χ1) is 7.91. The lowest BCUT2D eigenvalue weighted by Crippen LogP contribution is -2.40. The molecule has 0 heterocycles. The largest absolute Gasteiger partial charge is 0.436 e. The lowest BCUT2D eigenvalue weighted by Gasteiger charge is -2.22. The summed E-state index contributed by atoms with van der Waals surface area (Å²) in [5, 5.41) is 1.14. The van der Waals surface area contributed by atoms with Crippen molar-refractivity contribution in [2.75, 3.05) is 28.1 Å². The van der Waals surface area contributed by atoms with Gasteiger partial charge in [-0.2, -0.15) is 0 Å². The normalized spacial score (nSPS) is 12.9. The first kappa shape index (κ1) is 16.4. The van der Waals surface area contributed by atoms with E-state index in [9.17, 15) is 14.2 Å². The quantitative estimate of drug-likeness (QED) is 0.306. The number of carbonyl (C=O) groups is 2. The van der Waals surface area contributed by atoms with E-state index in [1.165, 1.54) is 7.11 Å². The zero-order valence-corrected chi connectivity index (χ0v) is 11.3. The molecule has 1 amide bonds. The summed E-state index contributed by atoms with van der Waals surface area (Å²) >= 11 is 3.41. The molecule has 10 heteroatoms. The zero-order valence-electron chi connectivity index (χ0n) is 9.54. The molecule has 0 aliphatic rings. The molecule has 0 aliphatic heterocycles. The average molecular weight is 287 g/mol. The molecule has 1 unspecified atom stereocenters. The van der Waals surface area contributed by atoms with Crippen LogP contribution in [-0.2, 0) is 27.9 Å². The van der Waals surface area contributed by atoms with Gasteiger partial charge in [0, 0.05) is 21.3 Å². The first-order valence-electron chi connectivity index (χ1n) is 4.27. The molecule has 8 nitrogen and oxygen atoms in total. The van der Waals surface area contributed by atoms with Crippen LogP contribution in [0.1, 0.15) is 0 Å². The third-order valence-corrected chi connectivity index (χ3v) is 3.75. The Labute approximate surface area is 104 Å². The van der Waals surface area contributed by atoms with Gasteiger partial charge in [0.15, 0.2) is 6.79 Å². The fraction of sp³-hybridized carbons (Fsp3) is 0.714. The molecule has 0 rings (SSSR count). The van der Waals surface area contributed by atoms with Crippen LogP contribution in [0, 0.1) is 0 Å². The smallest absolute Gasteiger partial charge is 0.363 e. The first-order valence-corrected chi connectivity index (χ1v) is 6.33. The molecular weight excluding hydrogens is 273 g/mol. The Morgan fingerprint density at radius 3 is 2.18 bits per heavy atom. The van der Waals surface area contributed by atoms with E-state index >= 15 is 0 Å². The lowest BCUT2D eigenvalue weighted by atomic mass is 10.6. The van der Waals surface area contributed by atoms with Gasteiger partial charge in [-0.05, 0) is 0 Å².